The fraction of sp³-hybridized carbons (Fsp3) is 0.467. The Labute approximate surface area is 133 Å². The van der Waals surface area contributed by atoms with Crippen LogP contribution in [0.25, 0.3) is 0 Å². The summed E-state index contributed by atoms with van der Waals surface area (Å²) in [5.74, 6) is -0.208. The molecule has 1 aromatic heterocycles. The van der Waals surface area contributed by atoms with Crippen LogP contribution in [0.3, 0.4) is 0 Å². The van der Waals surface area contributed by atoms with Gasteiger partial charge in [0.2, 0.25) is 5.91 Å². The lowest BCUT2D eigenvalue weighted by molar-refractivity contribution is -0.139. The number of amides is 1. The van der Waals surface area contributed by atoms with Crippen molar-refractivity contribution in [1.82, 2.24) is 25.1 Å². The van der Waals surface area contributed by atoms with Crippen LogP contribution in [-0.4, -0.2) is 56.8 Å². The quantitative estimate of drug-likeness (QED) is 0.810. The molecule has 8 heteroatoms. The van der Waals surface area contributed by atoms with Crippen LogP contribution >= 0.6 is 0 Å². The fourth-order valence-corrected chi connectivity index (χ4v) is 2.65. The Morgan fingerprint density at radius 1 is 1.43 bits per heavy atom. The highest BCUT2D eigenvalue weighted by atomic mass is 19.1. The zero-order valence-corrected chi connectivity index (χ0v) is 12.6. The van der Waals surface area contributed by atoms with E-state index >= 15 is 0 Å². The summed E-state index contributed by atoms with van der Waals surface area (Å²) in [6, 6.07) is 6.47. The van der Waals surface area contributed by atoms with E-state index in [0.717, 1.165) is 5.56 Å². The summed E-state index contributed by atoms with van der Waals surface area (Å²) in [7, 11) is 0. The Bertz CT molecular complexity index is 649. The number of aryl methyl sites for hydroxylation is 1. The maximum Gasteiger partial charge on any atom is 0.224 e. The number of rotatable bonds is 5. The van der Waals surface area contributed by atoms with Gasteiger partial charge < -0.3 is 9.64 Å². The maximum absolute atomic E-state index is 13.2. The van der Waals surface area contributed by atoms with Gasteiger partial charge in [-0.2, -0.15) is 0 Å². The number of ether oxygens (including phenoxy) is 1. The second-order valence-electron chi connectivity index (χ2n) is 5.49. The van der Waals surface area contributed by atoms with Gasteiger partial charge >= 0.3 is 0 Å². The molecule has 0 aliphatic carbocycles. The van der Waals surface area contributed by atoms with Crippen molar-refractivity contribution >= 4 is 5.91 Å². The molecule has 0 spiro atoms. The van der Waals surface area contributed by atoms with E-state index in [1.54, 1.807) is 11.0 Å². The first kappa shape index (κ1) is 15.5. The average Bonchev–Trinajstić information content (AvgIpc) is 3.06. The largest absolute Gasteiger partial charge is 0.374 e. The van der Waals surface area contributed by atoms with Crippen LogP contribution in [0.1, 0.15) is 12.0 Å². The minimum atomic E-state index is -0.257. The second kappa shape index (κ2) is 7.28. The van der Waals surface area contributed by atoms with Crippen molar-refractivity contribution in [2.24, 2.45) is 0 Å². The van der Waals surface area contributed by atoms with Crippen LogP contribution in [0, 0.1) is 5.82 Å². The summed E-state index contributed by atoms with van der Waals surface area (Å²) in [5.41, 5.74) is 0.873. The lowest BCUT2D eigenvalue weighted by atomic mass is 10.1. The predicted molar refractivity (Wildman–Crippen MR) is 78.9 cm³/mol. The van der Waals surface area contributed by atoms with E-state index in [2.05, 4.69) is 15.5 Å². The third-order valence-electron chi connectivity index (χ3n) is 3.79. The monoisotopic (exact) mass is 319 g/mol. The highest BCUT2D eigenvalue weighted by molar-refractivity contribution is 5.76. The third-order valence-corrected chi connectivity index (χ3v) is 3.79. The molecule has 3 rings (SSSR count). The molecule has 122 valence electrons. The van der Waals surface area contributed by atoms with E-state index in [1.165, 1.54) is 23.1 Å². The molecular formula is C15H18FN5O2. The van der Waals surface area contributed by atoms with E-state index in [4.69, 9.17) is 4.74 Å². The third kappa shape index (κ3) is 4.32. The number of nitrogens with zero attached hydrogens (tertiary/aromatic N) is 5. The van der Waals surface area contributed by atoms with Crippen LogP contribution in [0.5, 0.6) is 0 Å². The number of carbonyl (C=O) groups is 1. The van der Waals surface area contributed by atoms with Gasteiger partial charge in [0.15, 0.2) is 0 Å². The number of carbonyl (C=O) groups excluding carboxylic acids is 1. The van der Waals surface area contributed by atoms with Gasteiger partial charge in [0.25, 0.3) is 0 Å². The lowest BCUT2D eigenvalue weighted by Crippen LogP contribution is -2.46. The van der Waals surface area contributed by atoms with Gasteiger partial charge in [0, 0.05) is 25.9 Å². The first-order valence-corrected chi connectivity index (χ1v) is 7.55. The zero-order chi connectivity index (χ0) is 16.1. The molecule has 1 saturated heterocycles. The molecule has 23 heavy (non-hydrogen) atoms. The number of morpholine rings is 1. The molecule has 0 bridgehead atoms. The fourth-order valence-electron chi connectivity index (χ4n) is 2.65. The van der Waals surface area contributed by atoms with Gasteiger partial charge in [-0.25, -0.2) is 9.07 Å². The van der Waals surface area contributed by atoms with Crippen LogP contribution in [0.4, 0.5) is 4.39 Å². The van der Waals surface area contributed by atoms with E-state index in [1.807, 2.05) is 6.07 Å². The molecule has 2 aromatic rings. The number of tetrazole rings is 1. The highest BCUT2D eigenvalue weighted by Gasteiger charge is 2.24. The molecule has 0 saturated carbocycles. The Balaban J connectivity index is 1.52. The molecule has 1 aliphatic rings. The van der Waals surface area contributed by atoms with Crippen molar-refractivity contribution in [1.29, 1.82) is 0 Å². The van der Waals surface area contributed by atoms with Gasteiger partial charge in [-0.05, 0) is 28.1 Å². The summed E-state index contributed by atoms with van der Waals surface area (Å²) in [5, 5.41) is 10.8. The number of halogens is 1. The molecule has 2 heterocycles. The molecule has 0 N–H and O–H groups in total. The second-order valence-corrected chi connectivity index (χ2v) is 5.49. The number of aromatic nitrogens is 4. The average molecular weight is 319 g/mol. The smallest absolute Gasteiger partial charge is 0.224 e. The van der Waals surface area contributed by atoms with Crippen molar-refractivity contribution in [2.75, 3.05) is 19.7 Å². The van der Waals surface area contributed by atoms with Gasteiger partial charge in [0.05, 0.1) is 19.3 Å². The van der Waals surface area contributed by atoms with Crippen LogP contribution in [0.15, 0.2) is 30.6 Å². The SMILES string of the molecule is O=C(CCn1cnnn1)N1CCOC(Cc2cccc(F)c2)C1. The summed E-state index contributed by atoms with van der Waals surface area (Å²) in [6.45, 7) is 2.05. The van der Waals surface area contributed by atoms with Gasteiger partial charge in [-0.3, -0.25) is 4.79 Å². The molecule has 0 radical (unpaired) electrons. The van der Waals surface area contributed by atoms with E-state index < -0.39 is 0 Å². The van der Waals surface area contributed by atoms with Crippen LogP contribution in [-0.2, 0) is 22.5 Å². The minimum Gasteiger partial charge on any atom is -0.374 e. The number of hydrogen-bond donors (Lipinski definition) is 0. The first-order valence-electron chi connectivity index (χ1n) is 7.55. The van der Waals surface area contributed by atoms with Gasteiger partial charge in [0.1, 0.15) is 12.1 Å². The topological polar surface area (TPSA) is 73.1 Å². The standard InChI is InChI=1S/C15H18FN5O2/c16-13-3-1-2-12(8-13)9-14-10-20(6-7-23-14)15(22)4-5-21-11-17-18-19-21/h1-3,8,11,14H,4-7,9-10H2. The van der Waals surface area contributed by atoms with Crippen molar-refractivity contribution in [3.63, 3.8) is 0 Å². The number of benzene rings is 1. The van der Waals surface area contributed by atoms with E-state index in [-0.39, 0.29) is 17.8 Å². The van der Waals surface area contributed by atoms with Gasteiger partial charge in [-0.1, -0.05) is 12.1 Å². The summed E-state index contributed by atoms with van der Waals surface area (Å²) in [6.07, 6.45) is 2.31. The summed E-state index contributed by atoms with van der Waals surface area (Å²) >= 11 is 0. The van der Waals surface area contributed by atoms with E-state index in [9.17, 15) is 9.18 Å². The molecule has 1 aliphatic heterocycles. The lowest BCUT2D eigenvalue weighted by Gasteiger charge is -2.33. The Hall–Kier alpha value is -2.35. The normalized spacial score (nSPS) is 18.1. The van der Waals surface area contributed by atoms with Crippen molar-refractivity contribution < 1.29 is 13.9 Å². The van der Waals surface area contributed by atoms with Crippen LogP contribution in [0.2, 0.25) is 0 Å². The summed E-state index contributed by atoms with van der Waals surface area (Å²) in [4.78, 5) is 14.1. The molecular weight excluding hydrogens is 301 g/mol. The predicted octanol–water partition coefficient (Wildman–Crippen LogP) is 0.672. The number of hydrogen-bond acceptors (Lipinski definition) is 5. The van der Waals surface area contributed by atoms with Gasteiger partial charge in [-0.15, -0.1) is 5.10 Å². The zero-order valence-electron chi connectivity index (χ0n) is 12.6. The van der Waals surface area contributed by atoms with Crippen molar-refractivity contribution in [2.45, 2.75) is 25.5 Å². The molecule has 1 amide bonds. The molecule has 7 nitrogen and oxygen atoms in total. The highest BCUT2D eigenvalue weighted by Crippen LogP contribution is 2.14. The Morgan fingerprint density at radius 2 is 2.35 bits per heavy atom. The minimum absolute atomic E-state index is 0.0491. The van der Waals surface area contributed by atoms with Crippen molar-refractivity contribution in [3.05, 3.63) is 42.0 Å². The molecule has 1 atom stereocenters. The molecule has 1 unspecified atom stereocenters. The Kier molecular flexibility index (Phi) is 4.92. The summed E-state index contributed by atoms with van der Waals surface area (Å²) < 4.78 is 20.5. The first-order chi connectivity index (χ1) is 11.2. The maximum atomic E-state index is 13.2. The van der Waals surface area contributed by atoms with Crippen LogP contribution < -0.4 is 0 Å². The molecule has 1 aromatic carbocycles. The molecule has 1 fully saturated rings. The van der Waals surface area contributed by atoms with E-state index in [0.29, 0.717) is 39.1 Å². The van der Waals surface area contributed by atoms with Crippen molar-refractivity contribution in [3.8, 4) is 0 Å². The Morgan fingerprint density at radius 3 is 3.13 bits per heavy atom.